The monoisotopic (exact) mass is 176 g/mol. The topological polar surface area (TPSA) is 38.0 Å². The highest BCUT2D eigenvalue weighted by Crippen LogP contribution is 2.28. The molecule has 70 valence electrons. The number of nitrogens with one attached hydrogen (secondary N) is 1. The summed E-state index contributed by atoms with van der Waals surface area (Å²) in [6, 6.07) is 6.70. The van der Waals surface area contributed by atoms with Gasteiger partial charge in [0.2, 0.25) is 0 Å². The van der Waals surface area contributed by atoms with Crippen molar-refractivity contribution in [2.45, 2.75) is 32.2 Å². The van der Waals surface area contributed by atoms with Gasteiger partial charge < -0.3 is 11.1 Å². The highest BCUT2D eigenvalue weighted by atomic mass is 14.9. The zero-order chi connectivity index (χ0) is 9.26. The Morgan fingerprint density at radius 1 is 1.38 bits per heavy atom. The molecule has 0 heterocycles. The van der Waals surface area contributed by atoms with Crippen molar-refractivity contribution in [2.75, 3.05) is 11.1 Å². The van der Waals surface area contributed by atoms with Crippen LogP contribution < -0.4 is 11.1 Å². The van der Waals surface area contributed by atoms with E-state index in [1.54, 1.807) is 0 Å². The van der Waals surface area contributed by atoms with Crippen LogP contribution in [0.15, 0.2) is 18.2 Å². The van der Waals surface area contributed by atoms with Crippen LogP contribution in [0.25, 0.3) is 0 Å². The molecule has 2 heteroatoms. The third kappa shape index (κ3) is 1.62. The van der Waals surface area contributed by atoms with Crippen molar-refractivity contribution in [3.05, 3.63) is 23.8 Å². The number of anilines is 2. The predicted molar refractivity (Wildman–Crippen MR) is 56.9 cm³/mol. The number of nitrogen functional groups attached to an aromatic ring is 1. The van der Waals surface area contributed by atoms with Crippen LogP contribution in [0.2, 0.25) is 0 Å². The summed E-state index contributed by atoms with van der Waals surface area (Å²) in [6.07, 6.45) is 3.92. The molecule has 0 unspecified atom stereocenters. The van der Waals surface area contributed by atoms with Crippen LogP contribution in [-0.4, -0.2) is 6.04 Å². The standard InChI is InChI=1S/C11H16N2/c1-8-4-2-7-10(12)11(8)13-9-5-3-6-9/h2,4,7,9,13H,3,5-6,12H2,1H3. The Balaban J connectivity index is 2.17. The highest BCUT2D eigenvalue weighted by molar-refractivity contribution is 5.70. The zero-order valence-electron chi connectivity index (χ0n) is 8.01. The van der Waals surface area contributed by atoms with Crippen LogP contribution in [0.4, 0.5) is 11.4 Å². The summed E-state index contributed by atoms with van der Waals surface area (Å²) in [5.41, 5.74) is 9.13. The fraction of sp³-hybridized carbons (Fsp3) is 0.455. The number of rotatable bonds is 2. The minimum Gasteiger partial charge on any atom is -0.397 e. The Kier molecular flexibility index (Phi) is 2.13. The molecule has 3 N–H and O–H groups in total. The normalized spacial score (nSPS) is 16.7. The van der Waals surface area contributed by atoms with E-state index in [9.17, 15) is 0 Å². The maximum atomic E-state index is 5.89. The molecular weight excluding hydrogens is 160 g/mol. The Morgan fingerprint density at radius 3 is 2.69 bits per heavy atom. The number of nitrogens with two attached hydrogens (primary N) is 1. The van der Waals surface area contributed by atoms with Crippen molar-refractivity contribution >= 4 is 11.4 Å². The summed E-state index contributed by atoms with van der Waals surface area (Å²) >= 11 is 0. The molecule has 0 aliphatic heterocycles. The number of aryl methyl sites for hydroxylation is 1. The quantitative estimate of drug-likeness (QED) is 0.679. The van der Waals surface area contributed by atoms with E-state index in [0.717, 1.165) is 11.4 Å². The maximum absolute atomic E-state index is 5.89. The Hall–Kier alpha value is -1.18. The molecule has 1 aliphatic rings. The van der Waals surface area contributed by atoms with Gasteiger partial charge in [-0.05, 0) is 37.8 Å². The summed E-state index contributed by atoms with van der Waals surface area (Å²) in [6.45, 7) is 2.09. The third-order valence-corrected chi connectivity index (χ3v) is 2.76. The molecule has 2 rings (SSSR count). The van der Waals surface area contributed by atoms with Gasteiger partial charge in [0, 0.05) is 6.04 Å². The van der Waals surface area contributed by atoms with E-state index >= 15 is 0 Å². The van der Waals surface area contributed by atoms with Crippen molar-refractivity contribution in [3.8, 4) is 0 Å². The molecule has 0 atom stereocenters. The predicted octanol–water partition coefficient (Wildman–Crippen LogP) is 2.54. The minimum atomic E-state index is 0.656. The van der Waals surface area contributed by atoms with Gasteiger partial charge in [-0.15, -0.1) is 0 Å². The van der Waals surface area contributed by atoms with E-state index in [4.69, 9.17) is 5.73 Å². The average Bonchev–Trinajstić information content (AvgIpc) is 2.00. The molecule has 1 fully saturated rings. The molecule has 1 aromatic rings. The van der Waals surface area contributed by atoms with Gasteiger partial charge in [0.25, 0.3) is 0 Å². The molecule has 13 heavy (non-hydrogen) atoms. The molecular formula is C11H16N2. The van der Waals surface area contributed by atoms with Gasteiger partial charge in [0.15, 0.2) is 0 Å². The van der Waals surface area contributed by atoms with Gasteiger partial charge in [-0.3, -0.25) is 0 Å². The van der Waals surface area contributed by atoms with Crippen LogP contribution in [0.1, 0.15) is 24.8 Å². The summed E-state index contributed by atoms with van der Waals surface area (Å²) in [4.78, 5) is 0. The third-order valence-electron chi connectivity index (χ3n) is 2.76. The Morgan fingerprint density at radius 2 is 2.15 bits per heavy atom. The smallest absolute Gasteiger partial charge is 0.0605 e. The second kappa shape index (κ2) is 3.29. The molecule has 0 radical (unpaired) electrons. The molecule has 1 aliphatic carbocycles. The number of hydrogen-bond donors (Lipinski definition) is 2. The van der Waals surface area contributed by atoms with E-state index in [0.29, 0.717) is 6.04 Å². The van der Waals surface area contributed by atoms with Crippen molar-refractivity contribution in [1.82, 2.24) is 0 Å². The van der Waals surface area contributed by atoms with Crippen LogP contribution in [0, 0.1) is 6.92 Å². The molecule has 0 saturated heterocycles. The SMILES string of the molecule is Cc1cccc(N)c1NC1CCC1. The first-order valence-electron chi connectivity index (χ1n) is 4.89. The van der Waals surface area contributed by atoms with Gasteiger partial charge in [-0.25, -0.2) is 0 Å². The van der Waals surface area contributed by atoms with Crippen LogP contribution in [0.3, 0.4) is 0 Å². The summed E-state index contributed by atoms with van der Waals surface area (Å²) < 4.78 is 0. The maximum Gasteiger partial charge on any atom is 0.0605 e. The molecule has 0 bridgehead atoms. The van der Waals surface area contributed by atoms with E-state index < -0.39 is 0 Å². The summed E-state index contributed by atoms with van der Waals surface area (Å²) in [5.74, 6) is 0. The minimum absolute atomic E-state index is 0.656. The second-order valence-corrected chi connectivity index (χ2v) is 3.81. The van der Waals surface area contributed by atoms with Gasteiger partial charge in [-0.2, -0.15) is 0 Å². The number of para-hydroxylation sites is 1. The molecule has 0 aromatic heterocycles. The van der Waals surface area contributed by atoms with Crippen molar-refractivity contribution in [2.24, 2.45) is 0 Å². The fourth-order valence-electron chi connectivity index (χ4n) is 1.64. The summed E-state index contributed by atoms with van der Waals surface area (Å²) in [7, 11) is 0. The van der Waals surface area contributed by atoms with E-state index in [2.05, 4.69) is 18.3 Å². The molecule has 1 saturated carbocycles. The van der Waals surface area contributed by atoms with E-state index in [-0.39, 0.29) is 0 Å². The van der Waals surface area contributed by atoms with Gasteiger partial charge in [0.05, 0.1) is 11.4 Å². The van der Waals surface area contributed by atoms with Crippen LogP contribution in [0.5, 0.6) is 0 Å². The molecule has 0 spiro atoms. The Bertz CT molecular complexity index is 283. The van der Waals surface area contributed by atoms with Crippen molar-refractivity contribution in [1.29, 1.82) is 0 Å². The van der Waals surface area contributed by atoms with Gasteiger partial charge in [-0.1, -0.05) is 12.1 Å². The first-order chi connectivity index (χ1) is 6.27. The molecule has 2 nitrogen and oxygen atoms in total. The molecule has 1 aromatic carbocycles. The number of benzene rings is 1. The van der Waals surface area contributed by atoms with Crippen LogP contribution >= 0.6 is 0 Å². The number of hydrogen-bond acceptors (Lipinski definition) is 2. The Labute approximate surface area is 79.1 Å². The first kappa shape index (κ1) is 8.42. The lowest BCUT2D eigenvalue weighted by Crippen LogP contribution is -2.27. The van der Waals surface area contributed by atoms with E-state index in [1.807, 2.05) is 12.1 Å². The molecule has 0 amide bonds. The van der Waals surface area contributed by atoms with Gasteiger partial charge in [0.1, 0.15) is 0 Å². The van der Waals surface area contributed by atoms with Crippen molar-refractivity contribution in [3.63, 3.8) is 0 Å². The van der Waals surface area contributed by atoms with E-state index in [1.165, 1.54) is 24.8 Å². The lowest BCUT2D eigenvalue weighted by molar-refractivity contribution is 0.445. The summed E-state index contributed by atoms with van der Waals surface area (Å²) in [5, 5.41) is 3.49. The second-order valence-electron chi connectivity index (χ2n) is 3.81. The zero-order valence-corrected chi connectivity index (χ0v) is 8.01. The highest BCUT2D eigenvalue weighted by Gasteiger charge is 2.18. The van der Waals surface area contributed by atoms with Gasteiger partial charge >= 0.3 is 0 Å². The lowest BCUT2D eigenvalue weighted by atomic mass is 9.92. The fourth-order valence-corrected chi connectivity index (χ4v) is 1.64. The lowest BCUT2D eigenvalue weighted by Gasteiger charge is -2.28. The largest absolute Gasteiger partial charge is 0.397 e. The first-order valence-corrected chi connectivity index (χ1v) is 4.89. The van der Waals surface area contributed by atoms with Crippen molar-refractivity contribution < 1.29 is 0 Å². The average molecular weight is 176 g/mol. The van der Waals surface area contributed by atoms with Crippen LogP contribution in [-0.2, 0) is 0 Å².